The van der Waals surface area contributed by atoms with Gasteiger partial charge in [0.25, 0.3) is 0 Å². The van der Waals surface area contributed by atoms with Crippen LogP contribution in [0.1, 0.15) is 36.6 Å². The molecule has 1 atom stereocenters. The molecule has 0 aliphatic heterocycles. The number of nitrogens with one attached hydrogen (secondary N) is 2. The predicted octanol–water partition coefficient (Wildman–Crippen LogP) is 3.37. The maximum Gasteiger partial charge on any atom is 0.244 e. The van der Waals surface area contributed by atoms with E-state index in [-0.39, 0.29) is 36.4 Å². The molecular formula is C23H34IN5O. The van der Waals surface area contributed by atoms with Gasteiger partial charge < -0.3 is 15.5 Å². The number of rotatable bonds is 9. The van der Waals surface area contributed by atoms with Gasteiger partial charge in [0.2, 0.25) is 5.91 Å². The summed E-state index contributed by atoms with van der Waals surface area (Å²) >= 11 is 0. The van der Waals surface area contributed by atoms with E-state index in [0.29, 0.717) is 18.4 Å². The molecule has 0 aliphatic carbocycles. The number of aliphatic imine (C=N–C) groups is 1. The van der Waals surface area contributed by atoms with Gasteiger partial charge in [-0.05, 0) is 37.5 Å². The first-order valence-corrected chi connectivity index (χ1v) is 10.2. The number of halogens is 1. The molecule has 7 heteroatoms. The molecule has 30 heavy (non-hydrogen) atoms. The average molecular weight is 523 g/mol. The lowest BCUT2D eigenvalue weighted by atomic mass is 9.99. The highest BCUT2D eigenvalue weighted by atomic mass is 127. The fraction of sp³-hybridized carbons (Fsp3) is 0.435. The smallest absolute Gasteiger partial charge is 0.244 e. The summed E-state index contributed by atoms with van der Waals surface area (Å²) in [6, 6.07) is 14.4. The molecule has 6 nitrogen and oxygen atoms in total. The average Bonchev–Trinajstić information content (AvgIpc) is 2.74. The second-order valence-electron chi connectivity index (χ2n) is 7.28. The molecule has 0 spiro atoms. The van der Waals surface area contributed by atoms with Crippen molar-refractivity contribution < 1.29 is 4.79 Å². The number of amides is 1. The second-order valence-corrected chi connectivity index (χ2v) is 7.28. The van der Waals surface area contributed by atoms with Crippen LogP contribution in [0.5, 0.6) is 0 Å². The topological polar surface area (TPSA) is 69.6 Å². The third-order valence-corrected chi connectivity index (χ3v) is 4.76. The minimum Gasteiger partial charge on any atom is -0.357 e. The highest BCUT2D eigenvalue weighted by Crippen LogP contribution is 2.15. The number of hydrogen-bond acceptors (Lipinski definition) is 3. The van der Waals surface area contributed by atoms with Crippen LogP contribution < -0.4 is 10.6 Å². The van der Waals surface area contributed by atoms with Gasteiger partial charge in [0.05, 0.1) is 0 Å². The minimum atomic E-state index is -0.00938. The van der Waals surface area contributed by atoms with Crippen molar-refractivity contribution in [3.05, 3.63) is 65.5 Å². The summed E-state index contributed by atoms with van der Waals surface area (Å²) in [5.41, 5.74) is 3.53. The Morgan fingerprint density at radius 2 is 2.00 bits per heavy atom. The SMILES string of the molecule is CCNC(=NCC(=O)N(C)CCc1ccccn1)NCC(C)c1cccc(C)c1.I. The zero-order chi connectivity index (χ0) is 21.1. The molecule has 1 amide bonds. The maximum absolute atomic E-state index is 12.4. The van der Waals surface area contributed by atoms with Crippen LogP contribution in [0, 0.1) is 6.92 Å². The van der Waals surface area contributed by atoms with E-state index in [0.717, 1.165) is 25.2 Å². The van der Waals surface area contributed by atoms with Crippen LogP contribution in [0.2, 0.25) is 0 Å². The zero-order valence-electron chi connectivity index (χ0n) is 18.4. The summed E-state index contributed by atoms with van der Waals surface area (Å²) in [6.07, 6.45) is 2.51. The Bertz CT molecular complexity index is 797. The number of guanidine groups is 1. The Morgan fingerprint density at radius 3 is 2.67 bits per heavy atom. The summed E-state index contributed by atoms with van der Waals surface area (Å²) < 4.78 is 0. The van der Waals surface area contributed by atoms with Crippen LogP contribution in [-0.2, 0) is 11.2 Å². The number of pyridine rings is 1. The van der Waals surface area contributed by atoms with Gasteiger partial charge in [-0.3, -0.25) is 9.78 Å². The van der Waals surface area contributed by atoms with E-state index in [2.05, 4.69) is 58.7 Å². The number of benzene rings is 1. The first-order chi connectivity index (χ1) is 14.0. The van der Waals surface area contributed by atoms with Gasteiger partial charge >= 0.3 is 0 Å². The lowest BCUT2D eigenvalue weighted by Gasteiger charge is -2.18. The molecule has 1 aromatic heterocycles. The standard InChI is InChI=1S/C23H33N5O.HI/c1-5-24-23(26-16-19(3)20-10-8-9-18(2)15-20)27-17-22(29)28(4)14-12-21-11-6-7-13-25-21;/h6-11,13,15,19H,5,12,14,16-17H2,1-4H3,(H2,24,26,27);1H. The van der Waals surface area contributed by atoms with Crippen LogP contribution in [-0.4, -0.2) is 55.0 Å². The molecule has 1 heterocycles. The molecule has 0 fully saturated rings. The van der Waals surface area contributed by atoms with Crippen molar-refractivity contribution in [2.45, 2.75) is 33.1 Å². The first kappa shape index (κ1) is 25.9. The maximum atomic E-state index is 12.4. The van der Waals surface area contributed by atoms with E-state index >= 15 is 0 Å². The molecule has 0 saturated heterocycles. The van der Waals surface area contributed by atoms with Gasteiger partial charge in [0.1, 0.15) is 6.54 Å². The van der Waals surface area contributed by atoms with Crippen molar-refractivity contribution in [2.75, 3.05) is 33.2 Å². The van der Waals surface area contributed by atoms with Crippen molar-refractivity contribution in [3.8, 4) is 0 Å². The molecule has 2 N–H and O–H groups in total. The van der Waals surface area contributed by atoms with Crippen LogP contribution in [0.4, 0.5) is 0 Å². The van der Waals surface area contributed by atoms with Gasteiger partial charge in [0, 0.05) is 45.0 Å². The lowest BCUT2D eigenvalue weighted by molar-refractivity contribution is -0.128. The molecule has 1 aromatic carbocycles. The molecule has 0 bridgehead atoms. The summed E-state index contributed by atoms with van der Waals surface area (Å²) in [5, 5.41) is 6.56. The fourth-order valence-electron chi connectivity index (χ4n) is 2.91. The van der Waals surface area contributed by atoms with E-state index in [1.54, 1.807) is 18.1 Å². The van der Waals surface area contributed by atoms with Crippen LogP contribution in [0.3, 0.4) is 0 Å². The van der Waals surface area contributed by atoms with Crippen LogP contribution in [0.15, 0.2) is 53.7 Å². The predicted molar refractivity (Wildman–Crippen MR) is 135 cm³/mol. The van der Waals surface area contributed by atoms with E-state index in [4.69, 9.17) is 0 Å². The molecule has 0 saturated carbocycles. The molecule has 2 aromatic rings. The normalized spacial score (nSPS) is 11.9. The first-order valence-electron chi connectivity index (χ1n) is 10.2. The van der Waals surface area contributed by atoms with E-state index in [1.807, 2.05) is 25.1 Å². The summed E-state index contributed by atoms with van der Waals surface area (Å²) in [7, 11) is 1.81. The Kier molecular flexibility index (Phi) is 12.0. The highest BCUT2D eigenvalue weighted by molar-refractivity contribution is 14.0. The highest BCUT2D eigenvalue weighted by Gasteiger charge is 2.10. The third kappa shape index (κ3) is 9.11. The monoisotopic (exact) mass is 523 g/mol. The Hall–Kier alpha value is -2.16. The fourth-order valence-corrected chi connectivity index (χ4v) is 2.91. The molecule has 1 unspecified atom stereocenters. The van der Waals surface area contributed by atoms with Crippen LogP contribution in [0.25, 0.3) is 0 Å². The van der Waals surface area contributed by atoms with Crippen molar-refractivity contribution in [1.82, 2.24) is 20.5 Å². The number of carbonyl (C=O) groups is 1. The second kappa shape index (κ2) is 14.0. The molecular weight excluding hydrogens is 489 g/mol. The van der Waals surface area contributed by atoms with Gasteiger partial charge in [-0.25, -0.2) is 4.99 Å². The van der Waals surface area contributed by atoms with Crippen molar-refractivity contribution in [2.24, 2.45) is 4.99 Å². The number of aromatic nitrogens is 1. The van der Waals surface area contributed by atoms with Gasteiger partial charge in [-0.1, -0.05) is 42.8 Å². The van der Waals surface area contributed by atoms with Gasteiger partial charge in [0.15, 0.2) is 5.96 Å². The summed E-state index contributed by atoms with van der Waals surface area (Å²) in [6.45, 7) is 8.54. The van der Waals surface area contributed by atoms with Gasteiger partial charge in [-0.15, -0.1) is 24.0 Å². The molecule has 164 valence electrons. The number of carbonyl (C=O) groups excluding carboxylic acids is 1. The van der Waals surface area contributed by atoms with Crippen molar-refractivity contribution >= 4 is 35.8 Å². The summed E-state index contributed by atoms with van der Waals surface area (Å²) in [5.74, 6) is 0.999. The van der Waals surface area contributed by atoms with E-state index < -0.39 is 0 Å². The molecule has 0 radical (unpaired) electrons. The van der Waals surface area contributed by atoms with E-state index in [9.17, 15) is 4.79 Å². The Labute approximate surface area is 197 Å². The van der Waals surface area contributed by atoms with E-state index in [1.165, 1.54) is 11.1 Å². The largest absolute Gasteiger partial charge is 0.357 e. The number of aryl methyl sites for hydroxylation is 1. The number of nitrogens with zero attached hydrogens (tertiary/aromatic N) is 3. The Balaban J connectivity index is 0.00000450. The zero-order valence-corrected chi connectivity index (χ0v) is 20.7. The number of hydrogen-bond donors (Lipinski definition) is 2. The van der Waals surface area contributed by atoms with Gasteiger partial charge in [-0.2, -0.15) is 0 Å². The molecule has 0 aliphatic rings. The summed E-state index contributed by atoms with van der Waals surface area (Å²) in [4.78, 5) is 22.9. The van der Waals surface area contributed by atoms with Crippen molar-refractivity contribution in [3.63, 3.8) is 0 Å². The minimum absolute atomic E-state index is 0. The van der Waals surface area contributed by atoms with Crippen LogP contribution >= 0.6 is 24.0 Å². The Morgan fingerprint density at radius 1 is 1.20 bits per heavy atom. The lowest BCUT2D eigenvalue weighted by Crippen LogP contribution is -2.40. The third-order valence-electron chi connectivity index (χ3n) is 4.76. The molecule has 2 rings (SSSR count). The van der Waals surface area contributed by atoms with Crippen molar-refractivity contribution in [1.29, 1.82) is 0 Å². The number of likely N-dealkylation sites (N-methyl/N-ethyl adjacent to an activating group) is 1. The quantitative estimate of drug-likeness (QED) is 0.301.